The number of hydrogen-bond donors (Lipinski definition) is 6. The second-order valence-electron chi connectivity index (χ2n) is 7.20. The van der Waals surface area contributed by atoms with Gasteiger partial charge in [-0.3, -0.25) is 18.2 Å². The maximum atomic E-state index is 11.7. The SMILES string of the molecule is CCCCO[C@@H]1[C@H](O[PH](=O)O)[C@@H](O[PH](=O)O)[C@H](OCCCC)[C@@H](OP(=O)(O)O)[C@@H]1OP(=O)(O)O. The van der Waals surface area contributed by atoms with E-state index in [0.29, 0.717) is 25.7 Å². The van der Waals surface area contributed by atoms with Crippen LogP contribution >= 0.6 is 32.2 Å². The molecule has 1 saturated carbocycles. The van der Waals surface area contributed by atoms with Crippen molar-refractivity contribution in [3.8, 4) is 0 Å². The first-order chi connectivity index (χ1) is 15.7. The molecule has 1 fully saturated rings. The minimum Gasteiger partial charge on any atom is -0.373 e. The molecule has 0 spiro atoms. The molecule has 1 aliphatic rings. The first kappa shape index (κ1) is 32.5. The Labute approximate surface area is 197 Å². The summed E-state index contributed by atoms with van der Waals surface area (Å²) in [7, 11) is -18.4. The van der Waals surface area contributed by atoms with Gasteiger partial charge in [-0.1, -0.05) is 26.7 Å². The fraction of sp³-hybridized carbons (Fsp3) is 1.00. The van der Waals surface area contributed by atoms with Crippen molar-refractivity contribution >= 4 is 32.2 Å². The van der Waals surface area contributed by atoms with E-state index in [4.69, 9.17) is 27.6 Å². The molecular formula is C14H32O16P4. The lowest BCUT2D eigenvalue weighted by Crippen LogP contribution is -2.66. The predicted octanol–water partition coefficient (Wildman–Crippen LogP) is 0.861. The van der Waals surface area contributed by atoms with E-state index < -0.39 is 68.8 Å². The van der Waals surface area contributed by atoms with Crippen molar-refractivity contribution < 1.29 is 75.2 Å². The number of phosphoric ester groups is 2. The first-order valence-electron chi connectivity index (χ1n) is 10.2. The average Bonchev–Trinajstić information content (AvgIpc) is 2.66. The van der Waals surface area contributed by atoms with Gasteiger partial charge in [0.2, 0.25) is 0 Å². The molecule has 2 unspecified atom stereocenters. The highest BCUT2D eigenvalue weighted by atomic mass is 31.2. The van der Waals surface area contributed by atoms with Crippen molar-refractivity contribution in [3.05, 3.63) is 0 Å². The highest BCUT2D eigenvalue weighted by molar-refractivity contribution is 7.46. The van der Waals surface area contributed by atoms with Crippen LogP contribution in [0, 0.1) is 0 Å². The molecule has 34 heavy (non-hydrogen) atoms. The van der Waals surface area contributed by atoms with Gasteiger partial charge in [-0.25, -0.2) is 9.13 Å². The topological polar surface area (TPSA) is 245 Å². The van der Waals surface area contributed by atoms with E-state index in [-0.39, 0.29) is 13.2 Å². The highest BCUT2D eigenvalue weighted by Gasteiger charge is 2.58. The fourth-order valence-corrected chi connectivity index (χ4v) is 5.40. The molecule has 0 radical (unpaired) electrons. The highest BCUT2D eigenvalue weighted by Crippen LogP contribution is 2.50. The molecule has 0 aliphatic heterocycles. The lowest BCUT2D eigenvalue weighted by atomic mass is 9.84. The van der Waals surface area contributed by atoms with Gasteiger partial charge in [0.25, 0.3) is 0 Å². The zero-order valence-corrected chi connectivity index (χ0v) is 22.2. The molecule has 0 heterocycles. The van der Waals surface area contributed by atoms with Crippen LogP contribution in [0.4, 0.5) is 0 Å². The van der Waals surface area contributed by atoms with Crippen molar-refractivity contribution in [3.63, 3.8) is 0 Å². The Hall–Kier alpha value is 0.440. The van der Waals surface area contributed by atoms with E-state index in [1.807, 2.05) is 0 Å². The van der Waals surface area contributed by atoms with Gasteiger partial charge in [0.15, 0.2) is 0 Å². The zero-order chi connectivity index (χ0) is 26.1. The molecule has 1 rings (SSSR count). The van der Waals surface area contributed by atoms with E-state index >= 15 is 0 Å². The van der Waals surface area contributed by atoms with Gasteiger partial charge >= 0.3 is 32.2 Å². The van der Waals surface area contributed by atoms with Gasteiger partial charge in [0, 0.05) is 13.2 Å². The van der Waals surface area contributed by atoms with E-state index in [2.05, 4.69) is 0 Å². The maximum Gasteiger partial charge on any atom is 0.470 e. The zero-order valence-electron chi connectivity index (χ0n) is 18.4. The number of unbranched alkanes of at least 4 members (excludes halogenated alkanes) is 2. The quantitative estimate of drug-likeness (QED) is 0.109. The predicted molar refractivity (Wildman–Crippen MR) is 115 cm³/mol. The Morgan fingerprint density at radius 3 is 1.21 bits per heavy atom. The summed E-state index contributed by atoms with van der Waals surface area (Å²) in [6.45, 7) is 3.35. The van der Waals surface area contributed by atoms with E-state index in [1.165, 1.54) is 0 Å². The number of rotatable bonds is 16. The van der Waals surface area contributed by atoms with Crippen LogP contribution < -0.4 is 0 Å². The van der Waals surface area contributed by atoms with Crippen LogP contribution in [0.15, 0.2) is 0 Å². The summed E-state index contributed by atoms with van der Waals surface area (Å²) in [5, 5.41) is 0. The van der Waals surface area contributed by atoms with Gasteiger partial charge in [0.05, 0.1) is 0 Å². The lowest BCUT2D eigenvalue weighted by molar-refractivity contribution is -0.228. The Balaban J connectivity index is 3.66. The molecular weight excluding hydrogens is 548 g/mol. The molecule has 204 valence electrons. The lowest BCUT2D eigenvalue weighted by Gasteiger charge is -2.48. The second-order valence-corrected chi connectivity index (χ2v) is 11.1. The summed E-state index contributed by atoms with van der Waals surface area (Å²) in [4.78, 5) is 56.6. The molecule has 8 atom stereocenters. The minimum absolute atomic E-state index is 0.112. The van der Waals surface area contributed by atoms with Gasteiger partial charge in [-0.05, 0) is 12.8 Å². The summed E-state index contributed by atoms with van der Waals surface area (Å²) < 4.78 is 77.1. The van der Waals surface area contributed by atoms with Gasteiger partial charge in [-0.2, -0.15) is 0 Å². The molecule has 6 N–H and O–H groups in total. The minimum atomic E-state index is -5.38. The summed E-state index contributed by atoms with van der Waals surface area (Å²) in [6.07, 6.45) is -9.13. The third-order valence-corrected chi connectivity index (χ3v) is 6.53. The maximum absolute atomic E-state index is 11.7. The molecule has 16 nitrogen and oxygen atoms in total. The van der Waals surface area contributed by atoms with Crippen LogP contribution in [0.1, 0.15) is 39.5 Å². The third-order valence-electron chi connectivity index (χ3n) is 4.55. The van der Waals surface area contributed by atoms with Gasteiger partial charge in [-0.15, -0.1) is 0 Å². The van der Waals surface area contributed by atoms with Crippen LogP contribution in [0.25, 0.3) is 0 Å². The van der Waals surface area contributed by atoms with Crippen molar-refractivity contribution in [2.75, 3.05) is 13.2 Å². The number of phosphoric acid groups is 2. The summed E-state index contributed by atoms with van der Waals surface area (Å²) in [6, 6.07) is 0. The normalized spacial score (nSPS) is 30.2. The Kier molecular flexibility index (Phi) is 14.3. The summed E-state index contributed by atoms with van der Waals surface area (Å²) in [5.41, 5.74) is 0. The van der Waals surface area contributed by atoms with Crippen molar-refractivity contribution in [2.24, 2.45) is 0 Å². The van der Waals surface area contributed by atoms with Crippen LogP contribution in [0.5, 0.6) is 0 Å². The van der Waals surface area contributed by atoms with E-state index in [9.17, 15) is 47.6 Å². The molecule has 0 bridgehead atoms. The third kappa shape index (κ3) is 11.7. The largest absolute Gasteiger partial charge is 0.470 e. The molecule has 0 saturated heterocycles. The Morgan fingerprint density at radius 2 is 0.971 bits per heavy atom. The van der Waals surface area contributed by atoms with Gasteiger partial charge < -0.3 is 47.9 Å². The molecule has 1 aliphatic carbocycles. The van der Waals surface area contributed by atoms with Gasteiger partial charge in [0.1, 0.15) is 36.6 Å². The fourth-order valence-electron chi connectivity index (χ4n) is 3.29. The first-order valence-corrected chi connectivity index (χ1v) is 15.8. The van der Waals surface area contributed by atoms with Crippen molar-refractivity contribution in [2.45, 2.75) is 76.2 Å². The van der Waals surface area contributed by atoms with E-state index in [1.54, 1.807) is 13.8 Å². The van der Waals surface area contributed by atoms with Crippen LogP contribution in [-0.2, 0) is 45.8 Å². The standard InChI is InChI=1S/C14H32O16P4/c1-3-5-7-25-9-11(27-31(15)16)12(28-32(17)18)10(26-8-6-4-2)14(30-34(22,23)24)13(9)29-33(19,20)21/h9-14,31-32H,3-8H2,1-2H3,(H,15,16)(H,17,18)(H2,19,20,21)(H2,22,23,24)/t9-,10+,11-,12-,13+,14+/m0/s1. The van der Waals surface area contributed by atoms with Crippen LogP contribution in [-0.4, -0.2) is 79.2 Å². The van der Waals surface area contributed by atoms with Crippen LogP contribution in [0.2, 0.25) is 0 Å². The monoisotopic (exact) mass is 580 g/mol. The Bertz CT molecular complexity index is 692. The van der Waals surface area contributed by atoms with E-state index in [0.717, 1.165) is 0 Å². The molecule has 20 heteroatoms. The van der Waals surface area contributed by atoms with Crippen molar-refractivity contribution in [1.82, 2.24) is 0 Å². The molecule has 0 aromatic heterocycles. The second kappa shape index (κ2) is 15.0. The molecule has 0 aromatic carbocycles. The number of ether oxygens (including phenoxy) is 2. The van der Waals surface area contributed by atoms with Crippen molar-refractivity contribution in [1.29, 1.82) is 0 Å². The number of hydrogen-bond acceptors (Lipinski definition) is 10. The Morgan fingerprint density at radius 1 is 0.647 bits per heavy atom. The summed E-state index contributed by atoms with van der Waals surface area (Å²) in [5.74, 6) is 0. The molecule has 0 amide bonds. The smallest absolute Gasteiger partial charge is 0.373 e. The average molecular weight is 580 g/mol. The summed E-state index contributed by atoms with van der Waals surface area (Å²) >= 11 is 0. The molecule has 0 aromatic rings. The van der Waals surface area contributed by atoms with Crippen LogP contribution in [0.3, 0.4) is 0 Å².